The van der Waals surface area contributed by atoms with Crippen LogP contribution in [0.5, 0.6) is 0 Å². The van der Waals surface area contributed by atoms with E-state index in [2.05, 4.69) is 113 Å². The monoisotopic (exact) mass is 654 g/mol. The molecule has 50 heavy (non-hydrogen) atoms. The maximum atomic E-state index is 10.0. The maximum absolute atomic E-state index is 10.0. The largest absolute Gasteiger partial charge is 0.309 e. The van der Waals surface area contributed by atoms with E-state index in [1.54, 1.807) is 17.4 Å². The molecule has 0 N–H and O–H groups in total. The Hall–Kier alpha value is -6.84. The SMILES string of the molecule is C#C/C=C\c1c(C)sc2ccc3c4cc(-c5ccc(C#N)cc5-n5c6ccccc6c6cc(C#N)ccc65)ccc4n(-c4ccccc4)c3c12. The van der Waals surface area contributed by atoms with Gasteiger partial charge in [-0.25, -0.2) is 0 Å². The zero-order valence-corrected chi connectivity index (χ0v) is 27.8. The Morgan fingerprint density at radius 1 is 0.660 bits per heavy atom. The molecule has 3 aromatic heterocycles. The Kier molecular flexibility index (Phi) is 6.68. The fourth-order valence-electron chi connectivity index (χ4n) is 7.51. The van der Waals surface area contributed by atoms with Crippen molar-refractivity contribution in [2.75, 3.05) is 0 Å². The number of fused-ring (bicyclic) bond motifs is 8. The molecule has 0 aliphatic heterocycles. The number of aryl methyl sites for hydroxylation is 1. The summed E-state index contributed by atoms with van der Waals surface area (Å²) in [5.41, 5.74) is 10.6. The van der Waals surface area contributed by atoms with Gasteiger partial charge in [0.05, 0.1) is 51.0 Å². The van der Waals surface area contributed by atoms with Crippen LogP contribution in [0, 0.1) is 41.9 Å². The molecule has 0 aliphatic carbocycles. The van der Waals surface area contributed by atoms with Crippen LogP contribution in [0.25, 0.3) is 82.3 Å². The minimum atomic E-state index is 0.577. The van der Waals surface area contributed by atoms with Gasteiger partial charge in [0.25, 0.3) is 0 Å². The number of allylic oxidation sites excluding steroid dienone is 1. The van der Waals surface area contributed by atoms with E-state index in [0.717, 1.165) is 71.7 Å². The van der Waals surface area contributed by atoms with Crippen molar-refractivity contribution in [1.29, 1.82) is 10.5 Å². The first-order valence-electron chi connectivity index (χ1n) is 16.3. The number of hydrogen-bond acceptors (Lipinski definition) is 3. The predicted molar refractivity (Wildman–Crippen MR) is 208 cm³/mol. The van der Waals surface area contributed by atoms with Crippen molar-refractivity contribution in [3.8, 4) is 47.0 Å². The van der Waals surface area contributed by atoms with Gasteiger partial charge in [-0.3, -0.25) is 0 Å². The number of nitrogens with zero attached hydrogens (tertiary/aromatic N) is 4. The number of hydrogen-bond donors (Lipinski definition) is 0. The molecular weight excluding hydrogens is 629 g/mol. The fourth-order valence-corrected chi connectivity index (χ4v) is 8.56. The van der Waals surface area contributed by atoms with Gasteiger partial charge in [0.15, 0.2) is 0 Å². The van der Waals surface area contributed by atoms with Crippen LogP contribution in [0.1, 0.15) is 21.6 Å². The summed E-state index contributed by atoms with van der Waals surface area (Å²) >= 11 is 1.79. The number of rotatable bonds is 4. The Labute approximate surface area is 292 Å². The zero-order valence-electron chi connectivity index (χ0n) is 27.0. The Morgan fingerprint density at radius 2 is 1.36 bits per heavy atom. The van der Waals surface area contributed by atoms with Gasteiger partial charge in [-0.05, 0) is 96.9 Å². The number of nitriles is 2. The highest BCUT2D eigenvalue weighted by molar-refractivity contribution is 7.19. The summed E-state index contributed by atoms with van der Waals surface area (Å²) in [7, 11) is 0. The van der Waals surface area contributed by atoms with Crippen LogP contribution in [0.4, 0.5) is 0 Å². The van der Waals surface area contributed by atoms with E-state index in [1.807, 2.05) is 48.5 Å². The number of para-hydroxylation sites is 2. The molecule has 0 fully saturated rings. The van der Waals surface area contributed by atoms with Crippen LogP contribution < -0.4 is 0 Å². The summed E-state index contributed by atoms with van der Waals surface area (Å²) < 4.78 is 5.81. The molecule has 0 unspecified atom stereocenters. The molecule has 4 nitrogen and oxygen atoms in total. The van der Waals surface area contributed by atoms with Gasteiger partial charge in [-0.2, -0.15) is 10.5 Å². The molecule has 6 aromatic carbocycles. The standard InChI is InChI=1S/C45H26N4S/c1-3-4-12-33-28(2)50-43-22-19-36-38-25-31(17-21-40(38)48(45(36)44(33)43)32-10-6-5-7-11-32)34-18-15-30(27-47)24-42(34)49-39-14-9-8-13-35(39)37-23-29(26-46)16-20-41(37)49/h1,4-25H,2H3/b12-4-. The molecule has 0 amide bonds. The molecule has 0 spiro atoms. The van der Waals surface area contributed by atoms with E-state index in [9.17, 15) is 10.5 Å². The summed E-state index contributed by atoms with van der Waals surface area (Å²) in [6, 6.07) is 46.3. The van der Waals surface area contributed by atoms with Gasteiger partial charge in [0.1, 0.15) is 0 Å². The van der Waals surface area contributed by atoms with Gasteiger partial charge in [-0.1, -0.05) is 60.5 Å². The van der Waals surface area contributed by atoms with E-state index in [1.165, 1.54) is 15.0 Å². The van der Waals surface area contributed by atoms with E-state index in [0.29, 0.717) is 11.1 Å². The van der Waals surface area contributed by atoms with Crippen molar-refractivity contribution in [2.45, 2.75) is 6.92 Å². The molecule has 3 heterocycles. The van der Waals surface area contributed by atoms with E-state index >= 15 is 0 Å². The molecule has 0 aliphatic rings. The Morgan fingerprint density at radius 3 is 2.18 bits per heavy atom. The van der Waals surface area contributed by atoms with Crippen LogP contribution >= 0.6 is 11.3 Å². The fraction of sp³-hybridized carbons (Fsp3) is 0.0222. The van der Waals surface area contributed by atoms with Gasteiger partial charge in [0, 0.05) is 47.8 Å². The average Bonchev–Trinajstić information content (AvgIpc) is 3.79. The van der Waals surface area contributed by atoms with Crippen LogP contribution in [0.3, 0.4) is 0 Å². The summed E-state index contributed by atoms with van der Waals surface area (Å²) in [5.74, 6) is 2.68. The molecule has 5 heteroatoms. The molecule has 0 radical (unpaired) electrons. The highest BCUT2D eigenvalue weighted by Gasteiger charge is 2.21. The van der Waals surface area contributed by atoms with Crippen molar-refractivity contribution in [3.05, 3.63) is 149 Å². The molecule has 0 atom stereocenters. The van der Waals surface area contributed by atoms with Crippen LogP contribution in [0.2, 0.25) is 0 Å². The Balaban J connectivity index is 1.37. The molecule has 9 aromatic rings. The first-order chi connectivity index (χ1) is 24.6. The normalized spacial score (nSPS) is 11.6. The van der Waals surface area contributed by atoms with Crippen LogP contribution in [0.15, 0.2) is 127 Å². The average molecular weight is 655 g/mol. The lowest BCUT2D eigenvalue weighted by Crippen LogP contribution is -1.98. The number of aromatic nitrogens is 2. The van der Waals surface area contributed by atoms with Crippen molar-refractivity contribution >= 4 is 71.1 Å². The van der Waals surface area contributed by atoms with Gasteiger partial charge in [0.2, 0.25) is 0 Å². The van der Waals surface area contributed by atoms with Crippen molar-refractivity contribution < 1.29 is 0 Å². The Bertz CT molecular complexity index is 3020. The van der Waals surface area contributed by atoms with Crippen LogP contribution in [-0.4, -0.2) is 9.13 Å². The lowest BCUT2D eigenvalue weighted by Gasteiger charge is -2.15. The number of benzene rings is 6. The quantitative estimate of drug-likeness (QED) is 0.177. The lowest BCUT2D eigenvalue weighted by atomic mass is 9.98. The molecule has 9 rings (SSSR count). The second-order valence-corrected chi connectivity index (χ2v) is 13.6. The second-order valence-electron chi connectivity index (χ2n) is 12.3. The predicted octanol–water partition coefficient (Wildman–Crippen LogP) is 11.5. The van der Waals surface area contributed by atoms with Gasteiger partial charge >= 0.3 is 0 Å². The highest BCUT2D eigenvalue weighted by atomic mass is 32.1. The van der Waals surface area contributed by atoms with E-state index in [4.69, 9.17) is 6.42 Å². The first-order valence-corrected chi connectivity index (χ1v) is 17.1. The number of thiophene rings is 1. The molecule has 0 bridgehead atoms. The third kappa shape index (κ3) is 4.31. The summed E-state index contributed by atoms with van der Waals surface area (Å²) in [6.07, 6.45) is 9.51. The first kappa shape index (κ1) is 29.3. The second kappa shape index (κ2) is 11.4. The molecular formula is C45H26N4S. The van der Waals surface area contributed by atoms with E-state index < -0.39 is 0 Å². The minimum Gasteiger partial charge on any atom is -0.309 e. The van der Waals surface area contributed by atoms with Crippen LogP contribution in [-0.2, 0) is 0 Å². The van der Waals surface area contributed by atoms with Crippen molar-refractivity contribution in [1.82, 2.24) is 9.13 Å². The number of terminal acetylenes is 1. The molecule has 0 saturated heterocycles. The van der Waals surface area contributed by atoms with Gasteiger partial charge in [-0.15, -0.1) is 17.8 Å². The van der Waals surface area contributed by atoms with Crippen molar-refractivity contribution in [2.24, 2.45) is 0 Å². The minimum absolute atomic E-state index is 0.577. The third-order valence-electron chi connectivity index (χ3n) is 9.64. The summed E-state index contributed by atoms with van der Waals surface area (Å²) in [6.45, 7) is 2.16. The summed E-state index contributed by atoms with van der Waals surface area (Å²) in [4.78, 5) is 1.22. The smallest absolute Gasteiger partial charge is 0.0992 e. The molecule has 0 saturated carbocycles. The maximum Gasteiger partial charge on any atom is 0.0992 e. The third-order valence-corrected chi connectivity index (χ3v) is 10.7. The van der Waals surface area contributed by atoms with Gasteiger partial charge < -0.3 is 9.13 Å². The molecule has 232 valence electrons. The zero-order chi connectivity index (χ0) is 33.9. The van der Waals surface area contributed by atoms with E-state index in [-0.39, 0.29) is 0 Å². The van der Waals surface area contributed by atoms with Crippen molar-refractivity contribution in [3.63, 3.8) is 0 Å². The topological polar surface area (TPSA) is 57.4 Å². The highest BCUT2D eigenvalue weighted by Crippen LogP contribution is 2.44. The summed E-state index contributed by atoms with van der Waals surface area (Å²) in [5, 5.41) is 25.3. The lowest BCUT2D eigenvalue weighted by molar-refractivity contribution is 1.18.